The van der Waals surface area contributed by atoms with Crippen LogP contribution in [0, 0.1) is 5.92 Å². The molecule has 1 aliphatic carbocycles. The molecule has 2 aromatic carbocycles. The van der Waals surface area contributed by atoms with E-state index >= 15 is 0 Å². The third-order valence-corrected chi connectivity index (χ3v) is 3.87. The highest BCUT2D eigenvalue weighted by Gasteiger charge is 2.19. The largest absolute Gasteiger partial charge is 0.489 e. The molecular formula is C19H23NO. The Hall–Kier alpha value is -1.80. The van der Waals surface area contributed by atoms with Crippen LogP contribution in [0.1, 0.15) is 24.0 Å². The summed E-state index contributed by atoms with van der Waals surface area (Å²) in [6.45, 7) is 2.87. The fourth-order valence-electron chi connectivity index (χ4n) is 2.39. The maximum absolute atomic E-state index is 5.87. The third-order valence-electron chi connectivity index (χ3n) is 3.87. The SMILES string of the molecule is c1ccc(COc2cccc(CCNCC3CC3)c2)cc1. The molecule has 1 fully saturated rings. The van der Waals surface area contributed by atoms with Crippen LogP contribution < -0.4 is 10.1 Å². The van der Waals surface area contributed by atoms with Crippen LogP contribution in [-0.4, -0.2) is 13.1 Å². The molecule has 3 rings (SSSR count). The van der Waals surface area contributed by atoms with E-state index in [0.29, 0.717) is 6.61 Å². The lowest BCUT2D eigenvalue weighted by Gasteiger charge is -2.09. The minimum atomic E-state index is 0.629. The van der Waals surface area contributed by atoms with Crippen molar-refractivity contribution in [1.29, 1.82) is 0 Å². The second-order valence-corrected chi connectivity index (χ2v) is 5.82. The van der Waals surface area contributed by atoms with Crippen LogP contribution in [0.5, 0.6) is 5.75 Å². The monoisotopic (exact) mass is 281 g/mol. The van der Waals surface area contributed by atoms with Crippen LogP contribution in [0.25, 0.3) is 0 Å². The zero-order chi connectivity index (χ0) is 14.3. The van der Waals surface area contributed by atoms with Crippen LogP contribution in [0.15, 0.2) is 54.6 Å². The lowest BCUT2D eigenvalue weighted by atomic mass is 10.1. The number of ether oxygens (including phenoxy) is 1. The molecule has 0 atom stereocenters. The first kappa shape index (κ1) is 14.2. The van der Waals surface area contributed by atoms with E-state index < -0.39 is 0 Å². The minimum Gasteiger partial charge on any atom is -0.489 e. The van der Waals surface area contributed by atoms with E-state index in [1.807, 2.05) is 24.3 Å². The number of rotatable bonds is 8. The molecule has 2 aromatic rings. The Balaban J connectivity index is 1.45. The summed E-state index contributed by atoms with van der Waals surface area (Å²) >= 11 is 0. The van der Waals surface area contributed by atoms with Crippen molar-refractivity contribution >= 4 is 0 Å². The van der Waals surface area contributed by atoms with E-state index in [1.54, 1.807) is 0 Å². The Bertz CT molecular complexity index is 549. The summed E-state index contributed by atoms with van der Waals surface area (Å²) in [4.78, 5) is 0. The summed E-state index contributed by atoms with van der Waals surface area (Å²) in [5.74, 6) is 1.91. The number of nitrogens with one attached hydrogen (secondary N) is 1. The zero-order valence-electron chi connectivity index (χ0n) is 12.4. The van der Waals surface area contributed by atoms with Gasteiger partial charge in [-0.2, -0.15) is 0 Å². The first-order valence-electron chi connectivity index (χ1n) is 7.86. The Morgan fingerprint density at radius 3 is 2.57 bits per heavy atom. The molecule has 1 saturated carbocycles. The van der Waals surface area contributed by atoms with Crippen molar-refractivity contribution in [2.75, 3.05) is 13.1 Å². The predicted octanol–water partition coefficient (Wildman–Crippen LogP) is 3.81. The summed E-state index contributed by atoms with van der Waals surface area (Å²) < 4.78 is 5.87. The van der Waals surface area contributed by atoms with Gasteiger partial charge in [0.05, 0.1) is 0 Å². The van der Waals surface area contributed by atoms with Gasteiger partial charge in [0.1, 0.15) is 12.4 Å². The summed E-state index contributed by atoms with van der Waals surface area (Å²) in [5, 5.41) is 3.53. The second-order valence-electron chi connectivity index (χ2n) is 5.82. The Morgan fingerprint density at radius 2 is 1.76 bits per heavy atom. The Morgan fingerprint density at radius 1 is 0.952 bits per heavy atom. The predicted molar refractivity (Wildman–Crippen MR) is 86.5 cm³/mol. The van der Waals surface area contributed by atoms with E-state index in [4.69, 9.17) is 4.74 Å². The lowest BCUT2D eigenvalue weighted by Crippen LogP contribution is -2.19. The van der Waals surface area contributed by atoms with Gasteiger partial charge in [0, 0.05) is 0 Å². The van der Waals surface area contributed by atoms with Crippen LogP contribution in [0.4, 0.5) is 0 Å². The highest BCUT2D eigenvalue weighted by molar-refractivity contribution is 5.29. The molecule has 1 N–H and O–H groups in total. The van der Waals surface area contributed by atoms with Gasteiger partial charge >= 0.3 is 0 Å². The molecular weight excluding hydrogens is 258 g/mol. The topological polar surface area (TPSA) is 21.3 Å². The van der Waals surface area contributed by atoms with Gasteiger partial charge in [0.15, 0.2) is 0 Å². The first-order valence-corrected chi connectivity index (χ1v) is 7.86. The van der Waals surface area contributed by atoms with Crippen LogP contribution in [0.3, 0.4) is 0 Å². The molecule has 0 amide bonds. The molecule has 0 aromatic heterocycles. The molecule has 1 aliphatic rings. The lowest BCUT2D eigenvalue weighted by molar-refractivity contribution is 0.306. The fraction of sp³-hybridized carbons (Fsp3) is 0.368. The average molecular weight is 281 g/mol. The van der Waals surface area contributed by atoms with E-state index in [9.17, 15) is 0 Å². The number of benzene rings is 2. The molecule has 0 bridgehead atoms. The van der Waals surface area contributed by atoms with Gasteiger partial charge in [0.25, 0.3) is 0 Å². The number of hydrogen-bond acceptors (Lipinski definition) is 2. The summed E-state index contributed by atoms with van der Waals surface area (Å²) in [7, 11) is 0. The van der Waals surface area contributed by atoms with Gasteiger partial charge in [-0.1, -0.05) is 42.5 Å². The van der Waals surface area contributed by atoms with Crippen molar-refractivity contribution in [3.8, 4) is 5.75 Å². The van der Waals surface area contributed by atoms with Crippen LogP contribution in [-0.2, 0) is 13.0 Å². The van der Waals surface area contributed by atoms with Gasteiger partial charge in [-0.3, -0.25) is 0 Å². The minimum absolute atomic E-state index is 0.629. The van der Waals surface area contributed by atoms with E-state index in [0.717, 1.165) is 24.6 Å². The average Bonchev–Trinajstić information content (AvgIpc) is 3.35. The Kier molecular flexibility index (Phi) is 4.90. The Labute approximate surface area is 127 Å². The van der Waals surface area contributed by atoms with Crippen molar-refractivity contribution in [2.24, 2.45) is 5.92 Å². The first-order chi connectivity index (χ1) is 10.4. The van der Waals surface area contributed by atoms with Crippen LogP contribution >= 0.6 is 0 Å². The second kappa shape index (κ2) is 7.28. The summed E-state index contributed by atoms with van der Waals surface area (Å²) in [6, 6.07) is 18.7. The fourth-order valence-corrected chi connectivity index (χ4v) is 2.39. The summed E-state index contributed by atoms with van der Waals surface area (Å²) in [6.07, 6.45) is 3.89. The highest BCUT2D eigenvalue weighted by Crippen LogP contribution is 2.27. The number of hydrogen-bond donors (Lipinski definition) is 1. The van der Waals surface area contributed by atoms with Crippen molar-refractivity contribution in [2.45, 2.75) is 25.9 Å². The molecule has 0 radical (unpaired) electrons. The van der Waals surface area contributed by atoms with Gasteiger partial charge in [0.2, 0.25) is 0 Å². The molecule has 0 heterocycles. The van der Waals surface area contributed by atoms with E-state index in [1.165, 1.54) is 30.5 Å². The highest BCUT2D eigenvalue weighted by atomic mass is 16.5. The van der Waals surface area contributed by atoms with Gasteiger partial charge < -0.3 is 10.1 Å². The molecule has 0 saturated heterocycles. The standard InChI is InChI=1S/C19H23NO/c1-2-5-18(6-3-1)15-21-19-8-4-7-16(13-19)11-12-20-14-17-9-10-17/h1-8,13,17,20H,9-12,14-15H2. The van der Waals surface area contributed by atoms with Crippen molar-refractivity contribution in [1.82, 2.24) is 5.32 Å². The molecule has 2 heteroatoms. The van der Waals surface area contributed by atoms with E-state index in [-0.39, 0.29) is 0 Å². The van der Waals surface area contributed by atoms with Gasteiger partial charge in [-0.05, 0) is 61.5 Å². The normalized spacial score (nSPS) is 14.1. The maximum atomic E-state index is 5.87. The maximum Gasteiger partial charge on any atom is 0.120 e. The van der Waals surface area contributed by atoms with Crippen molar-refractivity contribution in [3.63, 3.8) is 0 Å². The molecule has 2 nitrogen and oxygen atoms in total. The van der Waals surface area contributed by atoms with Crippen molar-refractivity contribution in [3.05, 3.63) is 65.7 Å². The smallest absolute Gasteiger partial charge is 0.120 e. The summed E-state index contributed by atoms with van der Waals surface area (Å²) in [5.41, 5.74) is 2.54. The third kappa shape index (κ3) is 4.91. The zero-order valence-corrected chi connectivity index (χ0v) is 12.4. The molecule has 0 unspecified atom stereocenters. The molecule has 110 valence electrons. The molecule has 0 aliphatic heterocycles. The van der Waals surface area contributed by atoms with Crippen molar-refractivity contribution < 1.29 is 4.74 Å². The molecule has 21 heavy (non-hydrogen) atoms. The van der Waals surface area contributed by atoms with Crippen LogP contribution in [0.2, 0.25) is 0 Å². The van der Waals surface area contributed by atoms with Gasteiger partial charge in [-0.15, -0.1) is 0 Å². The van der Waals surface area contributed by atoms with E-state index in [2.05, 4.69) is 35.6 Å². The molecule has 0 spiro atoms. The quantitative estimate of drug-likeness (QED) is 0.743. The van der Waals surface area contributed by atoms with Gasteiger partial charge in [-0.25, -0.2) is 0 Å².